The summed E-state index contributed by atoms with van der Waals surface area (Å²) >= 11 is 0. The topological polar surface area (TPSA) is 120 Å². The third-order valence-electron chi connectivity index (χ3n) is 2.03. The van der Waals surface area contributed by atoms with Crippen molar-refractivity contribution in [3.8, 4) is 11.8 Å². The van der Waals surface area contributed by atoms with E-state index in [0.717, 1.165) is 4.52 Å². The van der Waals surface area contributed by atoms with E-state index in [2.05, 4.69) is 14.8 Å². The lowest BCUT2D eigenvalue weighted by molar-refractivity contribution is -0.126. The first kappa shape index (κ1) is 13.2. The summed E-state index contributed by atoms with van der Waals surface area (Å²) in [7, 11) is 1.31. The second-order valence-corrected chi connectivity index (χ2v) is 3.14. The van der Waals surface area contributed by atoms with Gasteiger partial charge in [0.15, 0.2) is 5.65 Å². The molecule has 0 saturated carbocycles. The van der Waals surface area contributed by atoms with Gasteiger partial charge >= 0.3 is 5.56 Å². The number of aromatic nitrogens is 3. The molecule has 2 N–H and O–H groups in total. The Labute approximate surface area is 101 Å². The fourth-order valence-corrected chi connectivity index (χ4v) is 1.20. The van der Waals surface area contributed by atoms with Gasteiger partial charge in [-0.25, -0.2) is 4.98 Å². The number of aromatic hydroxyl groups is 1. The predicted molar refractivity (Wildman–Crippen MR) is 60.0 cm³/mol. The van der Waals surface area contributed by atoms with E-state index in [4.69, 9.17) is 10.1 Å². The number of hydrogen-bond acceptors (Lipinski definition) is 6. The molecule has 2 aromatic heterocycles. The normalized spacial score (nSPS) is 9.17. The highest BCUT2D eigenvalue weighted by atomic mass is 16.5. The molecule has 0 fully saturated rings. The van der Waals surface area contributed by atoms with Crippen molar-refractivity contribution in [2.24, 2.45) is 0 Å². The molecule has 2 aromatic rings. The van der Waals surface area contributed by atoms with E-state index in [9.17, 15) is 9.90 Å². The van der Waals surface area contributed by atoms with Crippen LogP contribution in [0.1, 0.15) is 11.3 Å². The smallest absolute Gasteiger partial charge is 0.315 e. The molecule has 8 nitrogen and oxygen atoms in total. The Hall–Kier alpha value is -2.82. The van der Waals surface area contributed by atoms with Crippen LogP contribution in [0.2, 0.25) is 0 Å². The summed E-state index contributed by atoms with van der Waals surface area (Å²) in [5.41, 5.74) is 0.109. The van der Waals surface area contributed by atoms with E-state index in [1.54, 1.807) is 0 Å². The molecule has 0 radical (unpaired) electrons. The zero-order valence-electron chi connectivity index (χ0n) is 9.67. The van der Waals surface area contributed by atoms with Crippen LogP contribution in [0.15, 0.2) is 11.0 Å². The van der Waals surface area contributed by atoms with Gasteiger partial charge < -0.3 is 9.84 Å². The Morgan fingerprint density at radius 1 is 1.67 bits per heavy atom. The van der Waals surface area contributed by atoms with Gasteiger partial charge in [-0.05, 0) is 6.92 Å². The van der Waals surface area contributed by atoms with Crippen molar-refractivity contribution in [1.29, 1.82) is 5.26 Å². The molecule has 0 saturated heterocycles. The highest BCUT2D eigenvalue weighted by Gasteiger charge is 2.11. The maximum absolute atomic E-state index is 11.4. The monoisotopic (exact) mass is 250 g/mol. The van der Waals surface area contributed by atoms with Crippen molar-refractivity contribution in [3.63, 3.8) is 0 Å². The number of methoxy groups -OCH3 is 1. The molecular weight excluding hydrogens is 240 g/mol. The summed E-state index contributed by atoms with van der Waals surface area (Å²) in [5, 5.41) is 20.5. The van der Waals surface area contributed by atoms with Crippen LogP contribution in [0.5, 0.6) is 5.75 Å². The average molecular weight is 250 g/mol. The fraction of sp³-hybridized carbons (Fsp3) is 0.200. The van der Waals surface area contributed by atoms with Crippen LogP contribution in [-0.4, -0.2) is 33.3 Å². The SMILES string of the molecule is COC=O.Cc1nc2c(C#N)c[nH]n2c(=O)c1O. The minimum Gasteiger partial charge on any atom is -0.502 e. The van der Waals surface area contributed by atoms with Gasteiger partial charge in [-0.1, -0.05) is 0 Å². The van der Waals surface area contributed by atoms with E-state index in [-0.39, 0.29) is 16.9 Å². The molecule has 8 heteroatoms. The molecule has 0 unspecified atom stereocenters. The molecule has 0 aliphatic heterocycles. The maximum Gasteiger partial charge on any atom is 0.315 e. The van der Waals surface area contributed by atoms with E-state index >= 15 is 0 Å². The fourth-order valence-electron chi connectivity index (χ4n) is 1.20. The van der Waals surface area contributed by atoms with Crippen LogP contribution in [0, 0.1) is 18.3 Å². The number of H-pyrrole nitrogens is 1. The van der Waals surface area contributed by atoms with Gasteiger partial charge in [0.25, 0.3) is 6.47 Å². The number of nitrogens with one attached hydrogen (secondary N) is 1. The van der Waals surface area contributed by atoms with Crippen LogP contribution in [0.3, 0.4) is 0 Å². The quantitative estimate of drug-likeness (QED) is 0.670. The molecule has 94 valence electrons. The van der Waals surface area contributed by atoms with Gasteiger partial charge in [0.2, 0.25) is 5.75 Å². The minimum atomic E-state index is -0.603. The molecule has 0 aliphatic carbocycles. The molecule has 0 aromatic carbocycles. The maximum atomic E-state index is 11.4. The summed E-state index contributed by atoms with van der Waals surface area (Å²) < 4.78 is 4.89. The van der Waals surface area contributed by atoms with Gasteiger partial charge in [-0.15, -0.1) is 0 Å². The predicted octanol–water partition coefficient (Wildman–Crippen LogP) is -0.303. The standard InChI is InChI=1S/C8H6N4O2.C2H4O2/c1-4-6(13)8(14)12-7(11-4)5(2-9)3-10-12;1-4-2-3/h3,10,13H,1H3;2H,1H3. The van der Waals surface area contributed by atoms with Crippen molar-refractivity contribution in [2.75, 3.05) is 7.11 Å². The van der Waals surface area contributed by atoms with Crippen molar-refractivity contribution >= 4 is 12.1 Å². The Morgan fingerprint density at radius 3 is 2.78 bits per heavy atom. The number of carbonyl (C=O) groups is 1. The lowest BCUT2D eigenvalue weighted by atomic mass is 10.3. The average Bonchev–Trinajstić information content (AvgIpc) is 2.79. The largest absolute Gasteiger partial charge is 0.502 e. The third-order valence-corrected chi connectivity index (χ3v) is 2.03. The molecule has 0 amide bonds. The van der Waals surface area contributed by atoms with E-state index < -0.39 is 11.3 Å². The van der Waals surface area contributed by atoms with Gasteiger partial charge in [0, 0.05) is 6.20 Å². The lowest BCUT2D eigenvalue weighted by Crippen LogP contribution is -2.15. The summed E-state index contributed by atoms with van der Waals surface area (Å²) in [6, 6.07) is 1.89. The van der Waals surface area contributed by atoms with Crippen LogP contribution >= 0.6 is 0 Å². The highest BCUT2D eigenvalue weighted by molar-refractivity contribution is 5.54. The van der Waals surface area contributed by atoms with Crippen LogP contribution in [0.4, 0.5) is 0 Å². The molecule has 18 heavy (non-hydrogen) atoms. The third kappa shape index (κ3) is 2.30. The number of hydrogen-bond donors (Lipinski definition) is 2. The Bertz CT molecular complexity index is 665. The van der Waals surface area contributed by atoms with Crippen LogP contribution in [0.25, 0.3) is 5.65 Å². The molecular formula is C10H10N4O4. The highest BCUT2D eigenvalue weighted by Crippen LogP contribution is 2.10. The lowest BCUT2D eigenvalue weighted by Gasteiger charge is -1.97. The van der Waals surface area contributed by atoms with E-state index in [1.807, 2.05) is 6.07 Å². The van der Waals surface area contributed by atoms with Crippen LogP contribution in [-0.2, 0) is 9.53 Å². The summed E-state index contributed by atoms with van der Waals surface area (Å²) in [6.07, 6.45) is 1.36. The first-order valence-corrected chi connectivity index (χ1v) is 4.73. The molecule has 2 heterocycles. The first-order valence-electron chi connectivity index (χ1n) is 4.73. The number of ether oxygens (including phenoxy) is 1. The minimum absolute atomic E-state index is 0.214. The summed E-state index contributed by atoms with van der Waals surface area (Å²) in [4.78, 5) is 24.3. The van der Waals surface area contributed by atoms with Gasteiger partial charge in [0.1, 0.15) is 11.6 Å². The zero-order chi connectivity index (χ0) is 13.7. The Kier molecular flexibility index (Phi) is 4.04. The number of aromatic amines is 1. The molecule has 0 atom stereocenters. The van der Waals surface area contributed by atoms with Crippen molar-refractivity contribution in [3.05, 3.63) is 27.8 Å². The number of rotatable bonds is 1. The van der Waals surface area contributed by atoms with Crippen LogP contribution < -0.4 is 5.56 Å². The van der Waals surface area contributed by atoms with Crippen molar-refractivity contribution < 1.29 is 14.6 Å². The second kappa shape index (κ2) is 5.49. The summed E-state index contributed by atoms with van der Waals surface area (Å²) in [5.74, 6) is -0.408. The van der Waals surface area contributed by atoms with Gasteiger partial charge in [0.05, 0.1) is 12.8 Å². The first-order chi connectivity index (χ1) is 8.56. The number of nitrogens with zero attached hydrogens (tertiary/aromatic N) is 3. The molecule has 0 aliphatic rings. The number of carbonyl (C=O) groups excluding carboxylic acids is 1. The van der Waals surface area contributed by atoms with Gasteiger partial charge in [-0.2, -0.15) is 9.78 Å². The van der Waals surface area contributed by atoms with E-state index in [0.29, 0.717) is 6.47 Å². The number of nitriles is 1. The van der Waals surface area contributed by atoms with Crippen molar-refractivity contribution in [1.82, 2.24) is 14.6 Å². The number of aryl methyl sites for hydroxylation is 1. The zero-order valence-corrected chi connectivity index (χ0v) is 9.67. The second-order valence-electron chi connectivity index (χ2n) is 3.14. The van der Waals surface area contributed by atoms with E-state index in [1.165, 1.54) is 20.2 Å². The molecule has 2 rings (SSSR count). The Balaban J connectivity index is 0.000000357. The molecule has 0 bridgehead atoms. The number of fused-ring (bicyclic) bond motifs is 1. The molecule has 0 spiro atoms. The summed E-state index contributed by atoms with van der Waals surface area (Å²) in [6.45, 7) is 1.88. The van der Waals surface area contributed by atoms with Gasteiger partial charge in [-0.3, -0.25) is 14.7 Å². The Morgan fingerprint density at radius 2 is 2.28 bits per heavy atom. The van der Waals surface area contributed by atoms with Crippen molar-refractivity contribution in [2.45, 2.75) is 6.92 Å².